The van der Waals surface area contributed by atoms with Crippen LogP contribution in [0.5, 0.6) is 5.75 Å². The lowest BCUT2D eigenvalue weighted by atomic mass is 10.3. The molecule has 10 heteroatoms. The van der Waals surface area contributed by atoms with Crippen LogP contribution in [0.4, 0.5) is 10.1 Å². The van der Waals surface area contributed by atoms with Gasteiger partial charge in [0.1, 0.15) is 34.6 Å². The van der Waals surface area contributed by atoms with Gasteiger partial charge in [-0.1, -0.05) is 29.3 Å². The Morgan fingerprint density at radius 1 is 1.16 bits per heavy atom. The van der Waals surface area contributed by atoms with Gasteiger partial charge < -0.3 is 15.0 Å². The predicted molar refractivity (Wildman–Crippen MR) is 124 cm³/mol. The Bertz CT molecular complexity index is 1100. The highest BCUT2D eigenvalue weighted by molar-refractivity contribution is 7.13. The first-order chi connectivity index (χ1) is 15.3. The largest absolute Gasteiger partial charge is 0.486 e. The highest BCUT2D eigenvalue weighted by atomic mass is 35.5. The first kappa shape index (κ1) is 24.0. The van der Waals surface area contributed by atoms with Crippen molar-refractivity contribution in [1.82, 2.24) is 9.88 Å². The van der Waals surface area contributed by atoms with E-state index < -0.39 is 5.91 Å². The number of hydrogen-bond acceptors (Lipinski definition) is 5. The van der Waals surface area contributed by atoms with Crippen molar-refractivity contribution < 1.29 is 18.7 Å². The summed E-state index contributed by atoms with van der Waals surface area (Å²) in [5, 5.41) is 3.87. The number of thiazole rings is 1. The number of nitrogens with zero attached hydrogens (tertiary/aromatic N) is 2. The number of aryl methyl sites for hydroxylation is 1. The normalized spacial score (nSPS) is 10.7. The summed E-state index contributed by atoms with van der Waals surface area (Å²) in [6.07, 6.45) is 0. The molecule has 2 amide bonds. The lowest BCUT2D eigenvalue weighted by Crippen LogP contribution is -2.37. The lowest BCUT2D eigenvalue weighted by Gasteiger charge is -2.20. The number of amides is 2. The predicted octanol–water partition coefficient (Wildman–Crippen LogP) is 5.58. The monoisotopic (exact) mass is 495 g/mol. The Hall–Kier alpha value is -2.68. The van der Waals surface area contributed by atoms with E-state index in [0.29, 0.717) is 43.6 Å². The summed E-state index contributed by atoms with van der Waals surface area (Å²) in [5.74, 6) is -0.582. The molecule has 0 aliphatic rings. The van der Waals surface area contributed by atoms with Gasteiger partial charge in [-0.2, -0.15) is 0 Å². The number of anilines is 1. The molecule has 0 aliphatic heterocycles. The molecule has 6 nitrogen and oxygen atoms in total. The number of aromatic nitrogens is 1. The minimum Gasteiger partial charge on any atom is -0.486 e. The Kier molecular flexibility index (Phi) is 8.06. The number of nitrogens with one attached hydrogen (secondary N) is 1. The van der Waals surface area contributed by atoms with Crippen LogP contribution in [0, 0.1) is 12.7 Å². The Morgan fingerprint density at radius 3 is 2.44 bits per heavy atom. The second-order valence-electron chi connectivity index (χ2n) is 6.73. The maximum Gasteiger partial charge on any atom is 0.266 e. The van der Waals surface area contributed by atoms with Gasteiger partial charge >= 0.3 is 0 Å². The molecule has 1 N–H and O–H groups in total. The SMILES string of the molecule is CCN(CC(=O)Nc1c(Cl)cccc1Cl)C(=O)c1sc(COc2ccc(F)cc2)nc1C. The van der Waals surface area contributed by atoms with E-state index in [1.165, 1.54) is 40.5 Å². The van der Waals surface area contributed by atoms with Gasteiger partial charge in [0.05, 0.1) is 21.4 Å². The van der Waals surface area contributed by atoms with Crippen molar-refractivity contribution >= 4 is 52.0 Å². The molecule has 3 rings (SSSR count). The van der Waals surface area contributed by atoms with E-state index in [-0.39, 0.29) is 24.9 Å². The zero-order valence-corrected chi connectivity index (χ0v) is 19.7. The Labute approximate surface area is 198 Å². The summed E-state index contributed by atoms with van der Waals surface area (Å²) >= 11 is 13.4. The molecule has 0 fully saturated rings. The highest BCUT2D eigenvalue weighted by Gasteiger charge is 2.23. The van der Waals surface area contributed by atoms with Crippen molar-refractivity contribution in [1.29, 1.82) is 0 Å². The summed E-state index contributed by atoms with van der Waals surface area (Å²) in [6, 6.07) is 10.5. The van der Waals surface area contributed by atoms with Crippen LogP contribution in [0.25, 0.3) is 0 Å². The van der Waals surface area contributed by atoms with Crippen molar-refractivity contribution in [3.05, 3.63) is 73.9 Å². The third-order valence-corrected chi connectivity index (χ3v) is 6.19. The number of rotatable bonds is 8. The third kappa shape index (κ3) is 5.97. The molecule has 3 aromatic rings. The fraction of sp³-hybridized carbons (Fsp3) is 0.227. The maximum atomic E-state index is 13.0. The summed E-state index contributed by atoms with van der Waals surface area (Å²) in [4.78, 5) is 31.8. The average molecular weight is 496 g/mol. The minimum absolute atomic E-state index is 0.141. The van der Waals surface area contributed by atoms with E-state index in [4.69, 9.17) is 27.9 Å². The molecule has 0 saturated heterocycles. The van der Waals surface area contributed by atoms with Crippen molar-refractivity contribution in [2.45, 2.75) is 20.5 Å². The van der Waals surface area contributed by atoms with Crippen molar-refractivity contribution in [3.8, 4) is 5.75 Å². The lowest BCUT2D eigenvalue weighted by molar-refractivity contribution is -0.116. The Morgan fingerprint density at radius 2 is 1.81 bits per heavy atom. The van der Waals surface area contributed by atoms with E-state index in [2.05, 4.69) is 10.3 Å². The van der Waals surface area contributed by atoms with E-state index in [9.17, 15) is 14.0 Å². The summed E-state index contributed by atoms with van der Waals surface area (Å²) in [7, 11) is 0. The molecule has 0 spiro atoms. The smallest absolute Gasteiger partial charge is 0.266 e. The molecular weight excluding hydrogens is 476 g/mol. The standard InChI is InChI=1S/C22H20Cl2FN3O3S/c1-3-28(11-18(29)27-20-16(23)5-4-6-17(20)24)22(30)21-13(2)26-19(32-21)12-31-15-9-7-14(25)8-10-15/h4-10H,3,11-12H2,1-2H3,(H,27,29). The topological polar surface area (TPSA) is 71.5 Å². The molecule has 0 radical (unpaired) electrons. The van der Waals surface area contributed by atoms with Crippen LogP contribution < -0.4 is 10.1 Å². The number of ether oxygens (including phenoxy) is 1. The molecule has 0 bridgehead atoms. The summed E-state index contributed by atoms with van der Waals surface area (Å²) in [6.45, 7) is 3.80. The van der Waals surface area contributed by atoms with Gasteiger partial charge in [-0.15, -0.1) is 11.3 Å². The van der Waals surface area contributed by atoms with Crippen LogP contribution in [-0.2, 0) is 11.4 Å². The van der Waals surface area contributed by atoms with Crippen LogP contribution in [0.3, 0.4) is 0 Å². The molecule has 0 atom stereocenters. The van der Waals surface area contributed by atoms with Crippen LogP contribution >= 0.6 is 34.5 Å². The van der Waals surface area contributed by atoms with Gasteiger partial charge in [-0.05, 0) is 50.2 Å². The van der Waals surface area contributed by atoms with Crippen molar-refractivity contribution in [3.63, 3.8) is 0 Å². The third-order valence-electron chi connectivity index (χ3n) is 4.44. The van der Waals surface area contributed by atoms with Gasteiger partial charge in [0.15, 0.2) is 0 Å². The molecule has 2 aromatic carbocycles. The minimum atomic E-state index is -0.419. The number of hydrogen-bond donors (Lipinski definition) is 1. The zero-order chi connectivity index (χ0) is 23.3. The highest BCUT2D eigenvalue weighted by Crippen LogP contribution is 2.30. The number of carbonyl (C=O) groups excluding carboxylic acids is 2. The van der Waals surface area contributed by atoms with E-state index in [0.717, 1.165) is 0 Å². The number of para-hydroxylation sites is 1. The number of carbonyl (C=O) groups is 2. The van der Waals surface area contributed by atoms with Crippen LogP contribution in [-0.4, -0.2) is 34.8 Å². The molecule has 0 aliphatic carbocycles. The van der Waals surface area contributed by atoms with Crippen LogP contribution in [0.1, 0.15) is 27.3 Å². The average Bonchev–Trinajstić information content (AvgIpc) is 3.14. The van der Waals surface area contributed by atoms with Crippen LogP contribution in [0.2, 0.25) is 10.0 Å². The van der Waals surface area contributed by atoms with E-state index in [1.807, 2.05) is 0 Å². The molecule has 168 valence electrons. The quantitative estimate of drug-likeness (QED) is 0.442. The molecule has 0 unspecified atom stereocenters. The van der Waals surface area contributed by atoms with Crippen molar-refractivity contribution in [2.24, 2.45) is 0 Å². The van der Waals surface area contributed by atoms with Gasteiger partial charge in [-0.3, -0.25) is 9.59 Å². The number of likely N-dealkylation sites (N-methyl/N-ethyl adjacent to an activating group) is 1. The maximum absolute atomic E-state index is 13.0. The Balaban J connectivity index is 1.65. The van der Waals surface area contributed by atoms with Crippen molar-refractivity contribution in [2.75, 3.05) is 18.4 Å². The molecule has 0 saturated carbocycles. The van der Waals surface area contributed by atoms with Gasteiger partial charge in [-0.25, -0.2) is 9.37 Å². The van der Waals surface area contributed by atoms with Crippen LogP contribution in [0.15, 0.2) is 42.5 Å². The summed E-state index contributed by atoms with van der Waals surface area (Å²) in [5.41, 5.74) is 0.851. The fourth-order valence-electron chi connectivity index (χ4n) is 2.83. The van der Waals surface area contributed by atoms with E-state index >= 15 is 0 Å². The summed E-state index contributed by atoms with van der Waals surface area (Å²) < 4.78 is 18.6. The van der Waals surface area contributed by atoms with E-state index in [1.54, 1.807) is 32.0 Å². The second-order valence-corrected chi connectivity index (χ2v) is 8.63. The fourth-order valence-corrected chi connectivity index (χ4v) is 4.27. The first-order valence-electron chi connectivity index (χ1n) is 9.66. The second kappa shape index (κ2) is 10.8. The van der Waals surface area contributed by atoms with Gasteiger partial charge in [0, 0.05) is 6.54 Å². The zero-order valence-electron chi connectivity index (χ0n) is 17.3. The van der Waals surface area contributed by atoms with Gasteiger partial charge in [0.25, 0.3) is 5.91 Å². The molecule has 1 aromatic heterocycles. The molecule has 1 heterocycles. The first-order valence-corrected chi connectivity index (χ1v) is 11.2. The number of halogens is 3. The molecule has 32 heavy (non-hydrogen) atoms. The van der Waals surface area contributed by atoms with Gasteiger partial charge in [0.2, 0.25) is 5.91 Å². The number of benzene rings is 2. The molecular formula is C22H20Cl2FN3O3S.